The molecule has 0 saturated heterocycles. The molecule has 0 radical (unpaired) electrons. The summed E-state index contributed by atoms with van der Waals surface area (Å²) in [6, 6.07) is 7.78. The van der Waals surface area contributed by atoms with Gasteiger partial charge in [0, 0.05) is 6.04 Å². The van der Waals surface area contributed by atoms with Crippen molar-refractivity contribution in [2.45, 2.75) is 23.9 Å². The monoisotopic (exact) mass is 263 g/mol. The lowest BCUT2D eigenvalue weighted by Gasteiger charge is -2.13. The number of hydrogen-bond acceptors (Lipinski definition) is 3. The predicted octanol–water partition coefficient (Wildman–Crippen LogP) is 1.38. The molecule has 1 aromatic carbocycles. The maximum atomic E-state index is 12.1. The number of fused-ring (bicyclic) bond motifs is 1. The molecule has 1 unspecified atom stereocenters. The van der Waals surface area contributed by atoms with E-state index in [0.717, 1.165) is 18.4 Å². The summed E-state index contributed by atoms with van der Waals surface area (Å²) >= 11 is 0. The number of nitrogens with one attached hydrogen (secondary N) is 2. The molecule has 2 aromatic rings. The fourth-order valence-corrected chi connectivity index (χ4v) is 3.47. The Morgan fingerprint density at radius 3 is 2.94 bits per heavy atom. The molecule has 2 N–H and O–H groups in total. The van der Waals surface area contributed by atoms with Crippen molar-refractivity contribution in [2.75, 3.05) is 0 Å². The summed E-state index contributed by atoms with van der Waals surface area (Å²) in [5, 5.41) is 0.104. The van der Waals surface area contributed by atoms with Gasteiger partial charge in [0.25, 0.3) is 10.0 Å². The third-order valence-corrected chi connectivity index (χ3v) is 4.59. The highest BCUT2D eigenvalue weighted by molar-refractivity contribution is 7.89. The Hall–Kier alpha value is -1.66. The fourth-order valence-electron chi connectivity index (χ4n) is 2.32. The molecule has 6 heteroatoms. The second kappa shape index (κ2) is 4.22. The molecule has 0 aliphatic heterocycles. The number of sulfonamides is 1. The van der Waals surface area contributed by atoms with E-state index in [1.807, 2.05) is 24.3 Å². The van der Waals surface area contributed by atoms with Gasteiger partial charge in [-0.25, -0.2) is 18.1 Å². The van der Waals surface area contributed by atoms with E-state index in [-0.39, 0.29) is 11.1 Å². The smallest absolute Gasteiger partial charge is 0.258 e. The van der Waals surface area contributed by atoms with Crippen LogP contribution in [0.3, 0.4) is 0 Å². The van der Waals surface area contributed by atoms with Crippen LogP contribution in [0.2, 0.25) is 0 Å². The van der Waals surface area contributed by atoms with E-state index in [9.17, 15) is 8.42 Å². The molecule has 0 spiro atoms. The minimum Gasteiger partial charge on any atom is -0.335 e. The lowest BCUT2D eigenvalue weighted by Crippen LogP contribution is -2.27. The molecule has 5 nitrogen and oxygen atoms in total. The van der Waals surface area contributed by atoms with Crippen molar-refractivity contribution in [1.82, 2.24) is 14.7 Å². The van der Waals surface area contributed by atoms with Crippen LogP contribution in [-0.2, 0) is 16.4 Å². The number of nitrogens with zero attached hydrogens (tertiary/aromatic N) is 1. The summed E-state index contributed by atoms with van der Waals surface area (Å²) in [6.07, 6.45) is 4.37. The highest BCUT2D eigenvalue weighted by Gasteiger charge is 2.27. The molecule has 1 heterocycles. The standard InChI is InChI=1S/C12H13N3O2S/c16-18(17,12-7-13-8-14-12)15-11-6-5-9-3-1-2-4-10(9)11/h1-4,7-8,11,15H,5-6H2,(H,13,14). The topological polar surface area (TPSA) is 74.8 Å². The van der Waals surface area contributed by atoms with Gasteiger partial charge in [-0.15, -0.1) is 0 Å². The van der Waals surface area contributed by atoms with Crippen molar-refractivity contribution in [3.05, 3.63) is 47.9 Å². The van der Waals surface area contributed by atoms with Gasteiger partial charge in [0.2, 0.25) is 0 Å². The van der Waals surface area contributed by atoms with Crippen molar-refractivity contribution < 1.29 is 8.42 Å². The lowest BCUT2D eigenvalue weighted by molar-refractivity contribution is 0.551. The Kier molecular flexibility index (Phi) is 2.68. The number of benzene rings is 1. The van der Waals surface area contributed by atoms with Gasteiger partial charge in [-0.2, -0.15) is 0 Å². The van der Waals surface area contributed by atoms with Crippen LogP contribution in [-0.4, -0.2) is 18.4 Å². The van der Waals surface area contributed by atoms with Gasteiger partial charge in [0.1, 0.15) is 0 Å². The molecule has 1 atom stereocenters. The number of aromatic amines is 1. The zero-order valence-corrected chi connectivity index (χ0v) is 10.4. The molecule has 0 bridgehead atoms. The Morgan fingerprint density at radius 1 is 1.33 bits per heavy atom. The summed E-state index contributed by atoms with van der Waals surface area (Å²) in [6.45, 7) is 0. The maximum absolute atomic E-state index is 12.1. The first-order chi connectivity index (χ1) is 8.67. The summed E-state index contributed by atoms with van der Waals surface area (Å²) in [4.78, 5) is 6.35. The molecular weight excluding hydrogens is 250 g/mol. The van der Waals surface area contributed by atoms with Crippen molar-refractivity contribution in [3.63, 3.8) is 0 Å². The van der Waals surface area contributed by atoms with Gasteiger partial charge in [-0.05, 0) is 24.0 Å². The third-order valence-electron chi connectivity index (χ3n) is 3.19. The average Bonchev–Trinajstić information content (AvgIpc) is 2.99. The normalized spacial score (nSPS) is 18.8. The van der Waals surface area contributed by atoms with Crippen LogP contribution in [0.5, 0.6) is 0 Å². The Labute approximate surface area is 105 Å². The highest BCUT2D eigenvalue weighted by Crippen LogP contribution is 2.31. The number of hydrogen-bond donors (Lipinski definition) is 2. The first kappa shape index (κ1) is 11.4. The van der Waals surface area contributed by atoms with Crippen molar-refractivity contribution in [2.24, 2.45) is 0 Å². The molecular formula is C12H13N3O2S. The zero-order valence-electron chi connectivity index (χ0n) is 9.63. The second-order valence-electron chi connectivity index (χ2n) is 4.33. The van der Waals surface area contributed by atoms with Crippen molar-refractivity contribution >= 4 is 10.0 Å². The first-order valence-electron chi connectivity index (χ1n) is 5.75. The maximum Gasteiger partial charge on any atom is 0.258 e. The second-order valence-corrected chi connectivity index (χ2v) is 6.01. The molecule has 18 heavy (non-hydrogen) atoms. The van der Waals surface area contributed by atoms with E-state index in [2.05, 4.69) is 14.7 Å². The van der Waals surface area contributed by atoms with Gasteiger partial charge in [0.05, 0.1) is 12.5 Å². The van der Waals surface area contributed by atoms with E-state index in [1.54, 1.807) is 0 Å². The van der Waals surface area contributed by atoms with Gasteiger partial charge >= 0.3 is 0 Å². The Morgan fingerprint density at radius 2 is 2.17 bits per heavy atom. The zero-order chi connectivity index (χ0) is 12.6. The summed E-state index contributed by atoms with van der Waals surface area (Å²) in [5.74, 6) is 0. The molecule has 94 valence electrons. The van der Waals surface area contributed by atoms with Crippen LogP contribution >= 0.6 is 0 Å². The average molecular weight is 263 g/mol. The van der Waals surface area contributed by atoms with Crippen molar-refractivity contribution in [1.29, 1.82) is 0 Å². The fraction of sp³-hybridized carbons (Fsp3) is 0.250. The van der Waals surface area contributed by atoms with Crippen LogP contribution in [0.1, 0.15) is 23.6 Å². The molecule has 0 amide bonds. The Balaban J connectivity index is 1.88. The van der Waals surface area contributed by atoms with E-state index in [1.165, 1.54) is 18.1 Å². The Bertz CT molecular complexity index is 650. The summed E-state index contributed by atoms with van der Waals surface area (Å²) < 4.78 is 26.9. The highest BCUT2D eigenvalue weighted by atomic mass is 32.2. The van der Waals surface area contributed by atoms with Gasteiger partial charge in [-0.1, -0.05) is 24.3 Å². The van der Waals surface area contributed by atoms with Crippen LogP contribution in [0.25, 0.3) is 0 Å². The van der Waals surface area contributed by atoms with Crippen LogP contribution < -0.4 is 4.72 Å². The molecule has 0 saturated carbocycles. The number of imidazole rings is 1. The van der Waals surface area contributed by atoms with E-state index in [4.69, 9.17) is 0 Å². The van der Waals surface area contributed by atoms with Gasteiger partial charge < -0.3 is 4.98 Å². The summed E-state index contributed by atoms with van der Waals surface area (Å²) in [7, 11) is -3.51. The van der Waals surface area contributed by atoms with Crippen LogP contribution in [0, 0.1) is 0 Å². The van der Waals surface area contributed by atoms with E-state index < -0.39 is 10.0 Å². The number of aromatic nitrogens is 2. The largest absolute Gasteiger partial charge is 0.335 e. The van der Waals surface area contributed by atoms with E-state index >= 15 is 0 Å². The van der Waals surface area contributed by atoms with Gasteiger partial charge in [-0.3, -0.25) is 0 Å². The first-order valence-corrected chi connectivity index (χ1v) is 7.23. The minimum absolute atomic E-state index is 0.104. The molecule has 1 aliphatic rings. The third kappa shape index (κ3) is 1.93. The number of rotatable bonds is 3. The molecule has 1 aromatic heterocycles. The molecule has 1 aliphatic carbocycles. The number of H-pyrrole nitrogens is 1. The molecule has 0 fully saturated rings. The van der Waals surface area contributed by atoms with Gasteiger partial charge in [0.15, 0.2) is 5.03 Å². The predicted molar refractivity (Wildman–Crippen MR) is 66.4 cm³/mol. The lowest BCUT2D eigenvalue weighted by atomic mass is 10.1. The van der Waals surface area contributed by atoms with Crippen LogP contribution in [0.15, 0.2) is 41.8 Å². The van der Waals surface area contributed by atoms with Crippen LogP contribution in [0.4, 0.5) is 0 Å². The SMILES string of the molecule is O=S(=O)(NC1CCc2ccccc21)c1cnc[nH]1. The quantitative estimate of drug-likeness (QED) is 0.878. The summed E-state index contributed by atoms with van der Waals surface area (Å²) in [5.41, 5.74) is 2.29. The van der Waals surface area contributed by atoms with E-state index in [0.29, 0.717) is 0 Å². The number of aryl methyl sites for hydroxylation is 1. The molecule has 3 rings (SSSR count). The van der Waals surface area contributed by atoms with Crippen molar-refractivity contribution in [3.8, 4) is 0 Å². The minimum atomic E-state index is -3.51.